The van der Waals surface area contributed by atoms with Gasteiger partial charge in [-0.15, -0.1) is 0 Å². The Labute approximate surface area is 94.6 Å². The molecule has 1 aromatic carbocycles. The first-order valence-corrected chi connectivity index (χ1v) is 4.59. The van der Waals surface area contributed by atoms with Crippen LogP contribution in [-0.2, 0) is 0 Å². The third-order valence-corrected chi connectivity index (χ3v) is 2.08. The lowest BCUT2D eigenvalue weighted by molar-refractivity contribution is 0.0690. The summed E-state index contributed by atoms with van der Waals surface area (Å²) in [5.41, 5.74) is -0.478. The average molecular weight is 236 g/mol. The number of halogens is 2. The first-order valence-electron chi connectivity index (χ1n) is 4.59. The van der Waals surface area contributed by atoms with Crippen LogP contribution < -0.4 is 0 Å². The summed E-state index contributed by atoms with van der Waals surface area (Å²) < 4.78 is 26.4. The molecule has 1 aromatic heterocycles. The van der Waals surface area contributed by atoms with E-state index in [0.29, 0.717) is 0 Å². The van der Waals surface area contributed by atoms with Gasteiger partial charge in [0.2, 0.25) is 0 Å². The molecule has 0 amide bonds. The van der Waals surface area contributed by atoms with Gasteiger partial charge < -0.3 is 5.11 Å². The lowest BCUT2D eigenvalue weighted by Gasteiger charge is -2.03. The van der Waals surface area contributed by atoms with Crippen LogP contribution in [0.4, 0.5) is 8.78 Å². The highest BCUT2D eigenvalue weighted by Crippen LogP contribution is 2.21. The Morgan fingerprint density at radius 2 is 2.00 bits per heavy atom. The van der Waals surface area contributed by atoms with E-state index in [2.05, 4.69) is 9.97 Å². The third-order valence-electron chi connectivity index (χ3n) is 2.08. The molecule has 0 saturated carbocycles. The Kier molecular flexibility index (Phi) is 2.78. The van der Waals surface area contributed by atoms with E-state index in [-0.39, 0.29) is 17.0 Å². The quantitative estimate of drug-likeness (QED) is 0.867. The maximum absolute atomic E-state index is 13.4. The Balaban J connectivity index is 2.57. The predicted octanol–water partition coefficient (Wildman–Crippen LogP) is 2.12. The molecule has 2 aromatic rings. The molecule has 0 radical (unpaired) electrons. The van der Waals surface area contributed by atoms with Crippen molar-refractivity contribution in [2.24, 2.45) is 0 Å². The van der Waals surface area contributed by atoms with E-state index in [0.717, 1.165) is 12.3 Å². The molecule has 1 N–H and O–H groups in total. The molecular weight excluding hydrogens is 230 g/mol. The van der Waals surface area contributed by atoms with Crippen molar-refractivity contribution >= 4 is 5.97 Å². The minimum absolute atomic E-state index is 0.0260. The van der Waals surface area contributed by atoms with Crippen molar-refractivity contribution in [2.75, 3.05) is 0 Å². The lowest BCUT2D eigenvalue weighted by atomic mass is 10.1. The number of carboxylic acids is 1. The van der Waals surface area contributed by atoms with Crippen LogP contribution in [0.1, 0.15) is 10.5 Å². The SMILES string of the molecule is O=C(O)c1cncc(-c2cccc(F)c2F)n1. The molecule has 17 heavy (non-hydrogen) atoms. The van der Waals surface area contributed by atoms with Crippen molar-refractivity contribution in [3.63, 3.8) is 0 Å². The van der Waals surface area contributed by atoms with Crippen molar-refractivity contribution in [1.29, 1.82) is 0 Å². The van der Waals surface area contributed by atoms with Gasteiger partial charge in [0, 0.05) is 5.56 Å². The highest BCUT2D eigenvalue weighted by Gasteiger charge is 2.13. The topological polar surface area (TPSA) is 63.1 Å². The van der Waals surface area contributed by atoms with E-state index < -0.39 is 17.6 Å². The summed E-state index contributed by atoms with van der Waals surface area (Å²) >= 11 is 0. The average Bonchev–Trinajstić information content (AvgIpc) is 2.33. The number of aromatic carboxylic acids is 1. The van der Waals surface area contributed by atoms with Gasteiger partial charge in [-0.1, -0.05) is 6.07 Å². The zero-order valence-electron chi connectivity index (χ0n) is 8.39. The summed E-state index contributed by atoms with van der Waals surface area (Å²) in [6.07, 6.45) is 2.20. The largest absolute Gasteiger partial charge is 0.476 e. The molecule has 0 bridgehead atoms. The zero-order chi connectivity index (χ0) is 12.4. The van der Waals surface area contributed by atoms with E-state index >= 15 is 0 Å². The highest BCUT2D eigenvalue weighted by atomic mass is 19.2. The molecule has 86 valence electrons. The highest BCUT2D eigenvalue weighted by molar-refractivity contribution is 5.85. The molecule has 2 rings (SSSR count). The Morgan fingerprint density at radius 1 is 1.24 bits per heavy atom. The first kappa shape index (κ1) is 11.1. The van der Waals surface area contributed by atoms with Crippen LogP contribution in [0.15, 0.2) is 30.6 Å². The van der Waals surface area contributed by atoms with Crippen LogP contribution in [-0.4, -0.2) is 21.0 Å². The molecule has 0 atom stereocenters. The standard InChI is InChI=1S/C11H6F2N2O2/c12-7-3-1-2-6(10(7)13)8-4-14-5-9(15-8)11(16)17/h1-5H,(H,16,17). The van der Waals surface area contributed by atoms with Gasteiger partial charge in [0.05, 0.1) is 18.1 Å². The smallest absolute Gasteiger partial charge is 0.356 e. The van der Waals surface area contributed by atoms with Crippen LogP contribution in [0.2, 0.25) is 0 Å². The number of carboxylic acid groups (broad SMARTS) is 1. The first-order chi connectivity index (χ1) is 8.09. The number of hydrogen-bond donors (Lipinski definition) is 1. The van der Waals surface area contributed by atoms with Gasteiger partial charge in [0.15, 0.2) is 17.3 Å². The molecule has 0 aliphatic carbocycles. The second-order valence-corrected chi connectivity index (χ2v) is 3.20. The maximum atomic E-state index is 13.4. The van der Waals surface area contributed by atoms with Gasteiger partial charge >= 0.3 is 5.97 Å². The van der Waals surface area contributed by atoms with Gasteiger partial charge in [-0.25, -0.2) is 18.6 Å². The van der Waals surface area contributed by atoms with Crippen LogP contribution in [0.25, 0.3) is 11.3 Å². The van der Waals surface area contributed by atoms with Gasteiger partial charge in [0.25, 0.3) is 0 Å². The Hall–Kier alpha value is -2.37. The van der Waals surface area contributed by atoms with E-state index in [1.165, 1.54) is 18.3 Å². The fourth-order valence-corrected chi connectivity index (χ4v) is 1.30. The van der Waals surface area contributed by atoms with Crippen LogP contribution in [0, 0.1) is 11.6 Å². The van der Waals surface area contributed by atoms with Crippen LogP contribution in [0.5, 0.6) is 0 Å². The number of nitrogens with zero attached hydrogens (tertiary/aromatic N) is 2. The summed E-state index contributed by atoms with van der Waals surface area (Å²) in [5, 5.41) is 8.71. The molecule has 1 heterocycles. The predicted molar refractivity (Wildman–Crippen MR) is 54.3 cm³/mol. The zero-order valence-corrected chi connectivity index (χ0v) is 8.39. The molecule has 0 aliphatic rings. The molecule has 0 spiro atoms. The normalized spacial score (nSPS) is 10.2. The van der Waals surface area contributed by atoms with Gasteiger partial charge in [0.1, 0.15) is 0 Å². The summed E-state index contributed by atoms with van der Waals surface area (Å²) in [4.78, 5) is 18.0. The van der Waals surface area contributed by atoms with Crippen molar-refractivity contribution in [2.45, 2.75) is 0 Å². The van der Waals surface area contributed by atoms with E-state index in [4.69, 9.17) is 5.11 Å². The second-order valence-electron chi connectivity index (χ2n) is 3.20. The van der Waals surface area contributed by atoms with E-state index in [1.54, 1.807) is 0 Å². The molecule has 0 aliphatic heterocycles. The number of carbonyl (C=O) groups is 1. The maximum Gasteiger partial charge on any atom is 0.356 e. The lowest BCUT2D eigenvalue weighted by Crippen LogP contribution is -2.03. The molecular formula is C11H6F2N2O2. The van der Waals surface area contributed by atoms with E-state index in [1.807, 2.05) is 0 Å². The second kappa shape index (κ2) is 4.25. The molecule has 4 nitrogen and oxygen atoms in total. The number of rotatable bonds is 2. The van der Waals surface area contributed by atoms with Crippen molar-refractivity contribution in [3.8, 4) is 11.3 Å². The molecule has 6 heteroatoms. The van der Waals surface area contributed by atoms with Crippen molar-refractivity contribution in [3.05, 3.63) is 47.9 Å². The van der Waals surface area contributed by atoms with Gasteiger partial charge in [-0.05, 0) is 12.1 Å². The number of hydrogen-bond acceptors (Lipinski definition) is 3. The van der Waals surface area contributed by atoms with Crippen LogP contribution in [0.3, 0.4) is 0 Å². The summed E-state index contributed by atoms with van der Waals surface area (Å²) in [6, 6.07) is 3.57. The monoisotopic (exact) mass is 236 g/mol. The number of aromatic nitrogens is 2. The molecule has 0 unspecified atom stereocenters. The third kappa shape index (κ3) is 2.10. The van der Waals surface area contributed by atoms with Crippen LogP contribution >= 0.6 is 0 Å². The van der Waals surface area contributed by atoms with E-state index in [9.17, 15) is 13.6 Å². The minimum atomic E-state index is -1.28. The summed E-state index contributed by atoms with van der Waals surface area (Å²) in [6.45, 7) is 0. The van der Waals surface area contributed by atoms with Gasteiger partial charge in [-0.2, -0.15) is 0 Å². The fourth-order valence-electron chi connectivity index (χ4n) is 1.30. The Morgan fingerprint density at radius 3 is 2.71 bits per heavy atom. The van der Waals surface area contributed by atoms with Gasteiger partial charge in [-0.3, -0.25) is 4.98 Å². The fraction of sp³-hybridized carbons (Fsp3) is 0. The summed E-state index contributed by atoms with van der Waals surface area (Å²) in [5.74, 6) is -3.38. The minimum Gasteiger partial charge on any atom is -0.476 e. The van der Waals surface area contributed by atoms with Crippen molar-refractivity contribution in [1.82, 2.24) is 9.97 Å². The molecule has 0 saturated heterocycles. The molecule has 0 fully saturated rings. The number of benzene rings is 1. The summed E-state index contributed by atoms with van der Waals surface area (Å²) in [7, 11) is 0. The van der Waals surface area contributed by atoms with Crippen molar-refractivity contribution < 1.29 is 18.7 Å². The Bertz CT molecular complexity index is 587.